The average molecular weight is 279 g/mol. The third-order valence-electron chi connectivity index (χ3n) is 3.07. The summed E-state index contributed by atoms with van der Waals surface area (Å²) in [7, 11) is 1.61. The molecule has 0 N–H and O–H groups in total. The van der Waals surface area contributed by atoms with Crippen LogP contribution in [0.5, 0.6) is 5.75 Å². The third-order valence-corrected chi connectivity index (χ3v) is 3.07. The monoisotopic (exact) mass is 279 g/mol. The fourth-order valence-electron chi connectivity index (χ4n) is 1.99. The minimum Gasteiger partial charge on any atom is -0.497 e. The van der Waals surface area contributed by atoms with Crippen LogP contribution in [0, 0.1) is 0 Å². The van der Waals surface area contributed by atoms with Crippen LogP contribution in [0.4, 0.5) is 5.69 Å². The molecular formula is C17H13NO3. The van der Waals surface area contributed by atoms with Gasteiger partial charge < -0.3 is 9.15 Å². The molecule has 3 aromatic rings. The van der Waals surface area contributed by atoms with E-state index in [1.807, 2.05) is 36.4 Å². The number of methoxy groups -OCH3 is 1. The summed E-state index contributed by atoms with van der Waals surface area (Å²) < 4.78 is 10.7. The topological polar surface area (TPSA) is 51.8 Å². The molecule has 0 aliphatic heterocycles. The van der Waals surface area contributed by atoms with Gasteiger partial charge >= 0.3 is 0 Å². The molecule has 0 saturated heterocycles. The zero-order valence-corrected chi connectivity index (χ0v) is 11.4. The van der Waals surface area contributed by atoms with Crippen molar-refractivity contribution in [1.29, 1.82) is 0 Å². The second-order valence-electron chi connectivity index (χ2n) is 4.47. The van der Waals surface area contributed by atoms with Crippen molar-refractivity contribution in [2.24, 2.45) is 4.99 Å². The van der Waals surface area contributed by atoms with Gasteiger partial charge in [0.25, 0.3) is 0 Å². The van der Waals surface area contributed by atoms with Crippen molar-refractivity contribution in [2.75, 3.05) is 7.11 Å². The van der Waals surface area contributed by atoms with Crippen LogP contribution < -0.4 is 10.2 Å². The molecule has 0 atom stereocenters. The van der Waals surface area contributed by atoms with Gasteiger partial charge in [0.2, 0.25) is 0 Å². The van der Waals surface area contributed by atoms with Crippen LogP contribution in [-0.2, 0) is 0 Å². The molecule has 0 unspecified atom stereocenters. The minimum absolute atomic E-state index is 0.0759. The van der Waals surface area contributed by atoms with Crippen LogP contribution in [0.2, 0.25) is 0 Å². The molecule has 0 radical (unpaired) electrons. The van der Waals surface area contributed by atoms with Crippen molar-refractivity contribution >= 4 is 22.9 Å². The molecule has 0 aliphatic rings. The zero-order valence-electron chi connectivity index (χ0n) is 11.4. The summed E-state index contributed by atoms with van der Waals surface area (Å²) in [6, 6.07) is 15.9. The maximum Gasteiger partial charge on any atom is 0.193 e. The predicted octanol–water partition coefficient (Wildman–Crippen LogP) is 3.55. The summed E-state index contributed by atoms with van der Waals surface area (Å²) in [6.45, 7) is 0. The van der Waals surface area contributed by atoms with Crippen LogP contribution in [0.25, 0.3) is 11.0 Å². The minimum atomic E-state index is -0.0759. The van der Waals surface area contributed by atoms with Crippen LogP contribution in [0.15, 0.2) is 68.8 Å². The van der Waals surface area contributed by atoms with E-state index >= 15 is 0 Å². The SMILES string of the molecule is COc1ccc(N=Cc2cc(=O)c3ccccc3o2)cc1. The Morgan fingerprint density at radius 3 is 2.62 bits per heavy atom. The molecule has 4 nitrogen and oxygen atoms in total. The smallest absolute Gasteiger partial charge is 0.193 e. The Balaban J connectivity index is 1.93. The van der Waals surface area contributed by atoms with E-state index in [0.29, 0.717) is 16.7 Å². The van der Waals surface area contributed by atoms with E-state index in [1.54, 1.807) is 19.2 Å². The van der Waals surface area contributed by atoms with Gasteiger partial charge in [-0.1, -0.05) is 12.1 Å². The highest BCUT2D eigenvalue weighted by Gasteiger charge is 2.02. The molecule has 0 bridgehead atoms. The molecule has 4 heteroatoms. The second kappa shape index (κ2) is 5.63. The molecule has 21 heavy (non-hydrogen) atoms. The first kappa shape index (κ1) is 13.1. The number of aliphatic imine (C=N–C) groups is 1. The van der Waals surface area contributed by atoms with Crippen molar-refractivity contribution < 1.29 is 9.15 Å². The first-order chi connectivity index (χ1) is 10.3. The van der Waals surface area contributed by atoms with Crippen LogP contribution >= 0.6 is 0 Å². The molecule has 0 saturated carbocycles. The molecular weight excluding hydrogens is 266 g/mol. The number of benzene rings is 2. The van der Waals surface area contributed by atoms with Gasteiger partial charge in [0, 0.05) is 6.07 Å². The van der Waals surface area contributed by atoms with Gasteiger partial charge in [0.05, 0.1) is 24.4 Å². The van der Waals surface area contributed by atoms with Crippen molar-refractivity contribution in [2.45, 2.75) is 0 Å². The largest absolute Gasteiger partial charge is 0.497 e. The lowest BCUT2D eigenvalue weighted by atomic mass is 10.2. The Labute approximate surface area is 121 Å². The molecule has 0 amide bonds. The summed E-state index contributed by atoms with van der Waals surface area (Å²) in [4.78, 5) is 16.2. The van der Waals surface area contributed by atoms with Crippen LogP contribution in [0.1, 0.15) is 5.76 Å². The number of ether oxygens (including phenoxy) is 1. The van der Waals surface area contributed by atoms with Crippen molar-refractivity contribution in [3.8, 4) is 5.75 Å². The predicted molar refractivity (Wildman–Crippen MR) is 82.7 cm³/mol. The fraction of sp³-hybridized carbons (Fsp3) is 0.0588. The quantitative estimate of drug-likeness (QED) is 0.689. The first-order valence-corrected chi connectivity index (χ1v) is 6.47. The lowest BCUT2D eigenvalue weighted by Gasteiger charge is -1.99. The Kier molecular flexibility index (Phi) is 3.51. The summed E-state index contributed by atoms with van der Waals surface area (Å²) >= 11 is 0. The van der Waals surface area contributed by atoms with E-state index in [2.05, 4.69) is 4.99 Å². The molecule has 1 heterocycles. The Morgan fingerprint density at radius 2 is 1.86 bits per heavy atom. The Bertz CT molecular complexity index is 848. The van der Waals surface area contributed by atoms with E-state index in [0.717, 1.165) is 11.4 Å². The second-order valence-corrected chi connectivity index (χ2v) is 4.47. The maximum absolute atomic E-state index is 12.0. The van der Waals surface area contributed by atoms with Gasteiger partial charge in [0.1, 0.15) is 17.1 Å². The highest BCUT2D eigenvalue weighted by Crippen LogP contribution is 2.18. The maximum atomic E-state index is 12.0. The molecule has 1 aromatic heterocycles. The standard InChI is InChI=1S/C17H13NO3/c1-20-13-8-6-12(7-9-13)18-11-14-10-16(19)15-4-2-3-5-17(15)21-14/h2-11H,1H3. The van der Waals surface area contributed by atoms with Gasteiger partial charge in [-0.15, -0.1) is 0 Å². The number of nitrogens with zero attached hydrogens (tertiary/aromatic N) is 1. The van der Waals surface area contributed by atoms with E-state index in [9.17, 15) is 4.79 Å². The number of hydrogen-bond donors (Lipinski definition) is 0. The number of fused-ring (bicyclic) bond motifs is 1. The summed E-state index contributed by atoms with van der Waals surface area (Å²) in [5.41, 5.74) is 1.24. The van der Waals surface area contributed by atoms with Gasteiger partial charge in [-0.05, 0) is 36.4 Å². The van der Waals surface area contributed by atoms with Crippen molar-refractivity contribution in [3.63, 3.8) is 0 Å². The first-order valence-electron chi connectivity index (χ1n) is 6.47. The summed E-state index contributed by atoms with van der Waals surface area (Å²) in [6.07, 6.45) is 1.54. The van der Waals surface area contributed by atoms with Gasteiger partial charge in [-0.25, -0.2) is 0 Å². The number of para-hydroxylation sites is 1. The Morgan fingerprint density at radius 1 is 1.10 bits per heavy atom. The highest BCUT2D eigenvalue weighted by molar-refractivity contribution is 5.83. The fourth-order valence-corrected chi connectivity index (χ4v) is 1.99. The molecule has 0 aliphatic carbocycles. The lowest BCUT2D eigenvalue weighted by molar-refractivity contribution is 0.415. The Hall–Kier alpha value is -2.88. The number of rotatable bonds is 3. The van der Waals surface area contributed by atoms with Gasteiger partial charge in [-0.2, -0.15) is 0 Å². The zero-order chi connectivity index (χ0) is 14.7. The number of hydrogen-bond acceptors (Lipinski definition) is 4. The molecule has 2 aromatic carbocycles. The average Bonchev–Trinajstić information content (AvgIpc) is 2.53. The highest BCUT2D eigenvalue weighted by atomic mass is 16.5. The third kappa shape index (κ3) is 2.84. The lowest BCUT2D eigenvalue weighted by Crippen LogP contribution is -2.01. The summed E-state index contributed by atoms with van der Waals surface area (Å²) in [5.74, 6) is 1.20. The van der Waals surface area contributed by atoms with E-state index in [-0.39, 0.29) is 5.43 Å². The van der Waals surface area contributed by atoms with E-state index < -0.39 is 0 Å². The molecule has 0 spiro atoms. The van der Waals surface area contributed by atoms with Crippen molar-refractivity contribution in [1.82, 2.24) is 0 Å². The van der Waals surface area contributed by atoms with E-state index in [1.165, 1.54) is 12.3 Å². The van der Waals surface area contributed by atoms with Crippen molar-refractivity contribution in [3.05, 3.63) is 70.6 Å². The van der Waals surface area contributed by atoms with Crippen LogP contribution in [-0.4, -0.2) is 13.3 Å². The normalized spacial score (nSPS) is 11.1. The summed E-state index contributed by atoms with van der Waals surface area (Å²) in [5, 5.41) is 0.569. The van der Waals surface area contributed by atoms with E-state index in [4.69, 9.17) is 9.15 Å². The molecule has 0 fully saturated rings. The molecule has 3 rings (SSSR count). The van der Waals surface area contributed by atoms with Crippen LogP contribution in [0.3, 0.4) is 0 Å². The molecule has 104 valence electrons. The van der Waals surface area contributed by atoms with Gasteiger partial charge in [0.15, 0.2) is 5.43 Å². The van der Waals surface area contributed by atoms with Gasteiger partial charge in [-0.3, -0.25) is 9.79 Å².